The molecular weight excluding hydrogens is 1790 g/mol. The fourth-order valence-electron chi connectivity index (χ4n) is 19.4. The van der Waals surface area contributed by atoms with Crippen molar-refractivity contribution in [2.75, 3.05) is 0 Å². The molecule has 17 aromatic rings. The van der Waals surface area contributed by atoms with Crippen molar-refractivity contribution in [2.45, 2.75) is 302 Å². The maximum absolute atomic E-state index is 13.7. The van der Waals surface area contributed by atoms with Gasteiger partial charge in [0.05, 0.1) is 40.7 Å². The zero-order valence-electron chi connectivity index (χ0n) is 88.9. The van der Waals surface area contributed by atoms with Crippen LogP contribution in [0, 0.1) is 109 Å². The van der Waals surface area contributed by atoms with E-state index in [4.69, 9.17) is 19.9 Å². The minimum Gasteiger partial charge on any atom is -0.231 e. The van der Waals surface area contributed by atoms with Gasteiger partial charge in [0.25, 0.3) is 31.6 Å². The number of benzene rings is 7. The Kier molecular flexibility index (Phi) is 36.1. The van der Waals surface area contributed by atoms with Crippen LogP contribution in [0.5, 0.6) is 0 Å². The second-order valence-electron chi connectivity index (χ2n) is 38.6. The highest BCUT2D eigenvalue weighted by Gasteiger charge is 2.48. The van der Waals surface area contributed by atoms with Crippen LogP contribution < -0.4 is 22.8 Å². The molecule has 7 aromatic carbocycles. The Bertz CT molecular complexity index is 7220. The fourth-order valence-corrected chi connectivity index (χ4v) is 26.6. The molecular formula is C119H152F3N10S5+5. The summed E-state index contributed by atoms with van der Waals surface area (Å²) in [7, 11) is 10.4. The summed E-state index contributed by atoms with van der Waals surface area (Å²) in [6, 6.07) is 38.0. The van der Waals surface area contributed by atoms with E-state index in [0.717, 1.165) is 56.7 Å². The van der Waals surface area contributed by atoms with Crippen molar-refractivity contribution >= 4 is 128 Å². The fraction of sp³-hybridized carbons (Fsp3) is 0.429. The average molecular weight is 1940 g/mol. The van der Waals surface area contributed by atoms with E-state index in [1.54, 1.807) is 28.1 Å². The molecule has 1 aliphatic rings. The van der Waals surface area contributed by atoms with Crippen LogP contribution >= 0.6 is 56.7 Å². The Balaban J connectivity index is 0.000000162. The monoisotopic (exact) mass is 1940 g/mol. The van der Waals surface area contributed by atoms with Crippen molar-refractivity contribution in [3.8, 4) is 56.3 Å². The van der Waals surface area contributed by atoms with Gasteiger partial charge in [0.2, 0.25) is 27.6 Å². The van der Waals surface area contributed by atoms with Gasteiger partial charge in [-0.3, -0.25) is 0 Å². The van der Waals surface area contributed by atoms with Crippen LogP contribution in [0.4, 0.5) is 13.2 Å². The van der Waals surface area contributed by atoms with E-state index in [-0.39, 0.29) is 6.42 Å². The molecule has 1 fully saturated rings. The van der Waals surface area contributed by atoms with Crippen LogP contribution in [-0.4, -0.2) is 31.1 Å². The minimum atomic E-state index is -4.27. The van der Waals surface area contributed by atoms with Crippen molar-refractivity contribution in [3.63, 3.8) is 0 Å². The van der Waals surface area contributed by atoms with Gasteiger partial charge >= 0.3 is 6.18 Å². The maximum atomic E-state index is 13.7. The molecule has 0 N–H and O–H groups in total. The molecule has 10 nitrogen and oxygen atoms in total. The van der Waals surface area contributed by atoms with Crippen LogP contribution in [0.25, 0.3) is 128 Å². The highest BCUT2D eigenvalue weighted by Crippen LogP contribution is 2.50. The first kappa shape index (κ1) is 107. The third-order valence-corrected chi connectivity index (χ3v) is 33.2. The molecule has 10 aromatic heterocycles. The van der Waals surface area contributed by atoms with E-state index in [0.29, 0.717) is 23.3 Å². The van der Waals surface area contributed by atoms with E-state index in [1.165, 1.54) is 253 Å². The zero-order valence-corrected chi connectivity index (χ0v) is 92.9. The Hall–Kier alpha value is -9.95. The Morgan fingerprint density at radius 3 is 1.05 bits per heavy atom. The number of fused-ring (bicyclic) bond motifs is 9. The van der Waals surface area contributed by atoms with Gasteiger partial charge < -0.3 is 0 Å². The summed E-state index contributed by atoms with van der Waals surface area (Å²) in [6.45, 7) is 63.0. The highest BCUT2D eigenvalue weighted by atomic mass is 32.1. The van der Waals surface area contributed by atoms with Crippen LogP contribution in [-0.2, 0) is 60.9 Å². The normalized spacial score (nSPS) is 12.2. The van der Waals surface area contributed by atoms with Crippen LogP contribution in [0.3, 0.4) is 0 Å². The number of alkyl halides is 3. The lowest BCUT2D eigenvalue weighted by Crippen LogP contribution is -2.34. The SMILES string of the molecule is CC.CC.CC.CCCc1sc2c(-c3cc(C)cc(C)c3C)[n+](C)cnc2c1C(C)C.CCCc1sc2c(-c3cc(C)cc(C)c3C)[n+](C)cnc2c1C1CCCC1.CCCc1sc2c(-c3cc(C)cc(C)c3C)[n+](C)cnc2c1CC(C)(C)C(F)(F)F.Cc1cc(C)c(C)c(-c2c3sc4cc(C(C)C)ccc4c3nc[n+]2C)c1.Cc1cc(C)c(C)c(-c2c3sc4ccccc4c3nc[n+]2C)c1. The van der Waals surface area contributed by atoms with Gasteiger partial charge in [-0.25, -0.2) is 22.8 Å². The summed E-state index contributed by atoms with van der Waals surface area (Å²) in [5, 5.41) is 2.51. The molecule has 0 amide bonds. The first-order valence-electron chi connectivity index (χ1n) is 49.9. The van der Waals surface area contributed by atoms with E-state index < -0.39 is 11.6 Å². The third kappa shape index (κ3) is 22.6. The van der Waals surface area contributed by atoms with Gasteiger partial charge in [0.1, 0.15) is 23.5 Å². The molecule has 137 heavy (non-hydrogen) atoms. The molecule has 18 rings (SSSR count). The number of nitrogens with zero attached hydrogens (tertiary/aromatic N) is 10. The maximum Gasteiger partial charge on any atom is 0.394 e. The van der Waals surface area contributed by atoms with Gasteiger partial charge in [-0.15, -0.1) is 56.7 Å². The van der Waals surface area contributed by atoms with Gasteiger partial charge in [0.15, 0.2) is 28.5 Å². The first-order chi connectivity index (χ1) is 65.1. The van der Waals surface area contributed by atoms with Crippen LogP contribution in [0.15, 0.2) is 135 Å². The van der Waals surface area contributed by atoms with Gasteiger partial charge in [-0.1, -0.05) is 212 Å². The summed E-state index contributed by atoms with van der Waals surface area (Å²) < 4.78 is 60.6. The van der Waals surface area contributed by atoms with Crippen molar-refractivity contribution in [1.29, 1.82) is 0 Å². The number of thiophene rings is 5. The van der Waals surface area contributed by atoms with Crippen molar-refractivity contribution in [1.82, 2.24) is 24.9 Å². The molecule has 0 atom stereocenters. The molecule has 0 saturated heterocycles. The molecule has 0 bridgehead atoms. The number of aromatic nitrogens is 10. The molecule has 0 radical (unpaired) electrons. The zero-order chi connectivity index (χ0) is 101. The largest absolute Gasteiger partial charge is 0.394 e. The van der Waals surface area contributed by atoms with Crippen molar-refractivity contribution in [3.05, 3.63) is 255 Å². The number of hydrogen-bond donors (Lipinski definition) is 0. The average Bonchev–Trinajstić information content (AvgIpc) is 1.59. The Morgan fingerprint density at radius 2 is 0.672 bits per heavy atom. The van der Waals surface area contributed by atoms with E-state index in [9.17, 15) is 13.2 Å². The summed E-state index contributed by atoms with van der Waals surface area (Å²) in [5.74, 6) is 1.76. The quantitative estimate of drug-likeness (QED) is 0.0900. The Morgan fingerprint density at radius 1 is 0.358 bits per heavy atom. The molecule has 1 aliphatic carbocycles. The lowest BCUT2D eigenvalue weighted by Gasteiger charge is -2.27. The molecule has 724 valence electrons. The second-order valence-corrected chi connectivity index (χ2v) is 44.0. The standard InChI is InChI=1S/C24H30F3N2S.C24H31N2S.C23H25N2S.C22H29N2S.C20H19N2S.3C2H6/c1-8-9-19-18(12-23(5,6)24(25,26)27)20-22(30-19)21(29(7)13-28-20)17-11-14(2)10-15(3)16(17)4;1-6-9-20-21(18-10-7-8-11-18)22-24(27-20)23(26(5)14-25-22)19-13-15(2)12-16(3)17(19)4;1-13(2)17-7-8-18-20(11-17)26-23-21(18)24-12-25(6)22(23)19-10-14(3)9-15(4)16(19)5;1-8-9-18-19(13(2)3)20-22(25-18)21(24(7)12-23-20)17-11-14(4)10-15(5)16(17)6;1-12-9-13(2)14(3)16(10-12)19-20-18(21-11-22(19)4)15-7-5-6-8-17(15)23-20;3*1-2/h10-11,13H,8-9,12H2,1-7H3;12-14,18H,6-11H2,1-5H3;7-13H,1-6H3;10-13H,8-9H2,1-7H3;5-11H,1-4H3;3*1-2H3/q5*+1;;;. The number of hydrogen-bond acceptors (Lipinski definition) is 10. The number of aryl methyl sites for hydroxylation is 18. The highest BCUT2D eigenvalue weighted by molar-refractivity contribution is 7.26. The summed E-state index contributed by atoms with van der Waals surface area (Å²) in [4.78, 5) is 28.0. The third-order valence-electron chi connectivity index (χ3n) is 27.1. The van der Waals surface area contributed by atoms with Gasteiger partial charge in [-0.05, 0) is 301 Å². The van der Waals surface area contributed by atoms with Crippen molar-refractivity contribution < 1.29 is 36.0 Å². The van der Waals surface area contributed by atoms with Gasteiger partial charge in [0, 0.05) is 79.3 Å². The summed E-state index contributed by atoms with van der Waals surface area (Å²) in [5.41, 5.74) is 41.1. The predicted molar refractivity (Wildman–Crippen MR) is 586 cm³/mol. The minimum absolute atomic E-state index is 0.0577. The van der Waals surface area contributed by atoms with E-state index in [2.05, 4.69) is 307 Å². The molecule has 0 spiro atoms. The molecule has 0 aliphatic heterocycles. The molecule has 10 heterocycles. The van der Waals surface area contributed by atoms with E-state index in [1.807, 2.05) is 124 Å². The smallest absolute Gasteiger partial charge is 0.231 e. The predicted octanol–water partition coefficient (Wildman–Crippen LogP) is 32.8. The van der Waals surface area contributed by atoms with Crippen molar-refractivity contribution in [2.24, 2.45) is 40.7 Å². The summed E-state index contributed by atoms with van der Waals surface area (Å²) in [6.07, 6.45) is 17.1. The van der Waals surface area contributed by atoms with Crippen LogP contribution in [0.2, 0.25) is 0 Å². The lowest BCUT2D eigenvalue weighted by atomic mass is 9.84. The Labute approximate surface area is 836 Å². The van der Waals surface area contributed by atoms with E-state index >= 15 is 0 Å². The second kappa shape index (κ2) is 46.0. The topological polar surface area (TPSA) is 83.8 Å². The van der Waals surface area contributed by atoms with Crippen LogP contribution in [0.1, 0.15) is 287 Å². The molecule has 0 unspecified atom stereocenters. The lowest BCUT2D eigenvalue weighted by molar-refractivity contribution is -0.662. The molecule has 1 saturated carbocycles. The first-order valence-corrected chi connectivity index (χ1v) is 54.0. The molecule has 18 heteroatoms. The number of halogens is 3. The number of rotatable bonds is 16. The summed E-state index contributed by atoms with van der Waals surface area (Å²) >= 11 is 9.26. The van der Waals surface area contributed by atoms with Gasteiger partial charge in [-0.2, -0.15) is 13.2 Å².